The molecule has 3 aromatic carbocycles. The maximum absolute atomic E-state index is 12.3. The minimum atomic E-state index is -0.446. The lowest BCUT2D eigenvalue weighted by Gasteiger charge is -2.26. The molecule has 162 valence electrons. The van der Waals surface area contributed by atoms with E-state index in [1.165, 1.54) is 11.1 Å². The maximum atomic E-state index is 12.3. The van der Waals surface area contributed by atoms with Gasteiger partial charge in [-0.25, -0.2) is 4.79 Å². The van der Waals surface area contributed by atoms with Crippen molar-refractivity contribution < 1.29 is 14.3 Å². The van der Waals surface area contributed by atoms with Crippen molar-refractivity contribution in [3.63, 3.8) is 0 Å². The highest BCUT2D eigenvalue weighted by Crippen LogP contribution is 2.27. The molecule has 0 fully saturated rings. The second-order valence-electron chi connectivity index (χ2n) is 7.30. The van der Waals surface area contributed by atoms with Crippen LogP contribution in [0.1, 0.15) is 18.1 Å². The van der Waals surface area contributed by atoms with E-state index in [9.17, 15) is 4.79 Å². The highest BCUT2D eigenvalue weighted by atomic mass is 35.5. The van der Waals surface area contributed by atoms with Gasteiger partial charge in [0.1, 0.15) is 11.9 Å². The Morgan fingerprint density at radius 3 is 2.03 bits per heavy atom. The minimum absolute atomic E-state index is 0.219. The molecule has 0 aliphatic carbocycles. The summed E-state index contributed by atoms with van der Waals surface area (Å²) in [5.41, 5.74) is 2.41. The lowest BCUT2D eigenvalue weighted by atomic mass is 10.1. The summed E-state index contributed by atoms with van der Waals surface area (Å²) in [5.74, 6) is -0.0525. The number of carbonyl (C=O) groups excluding carboxylic acids is 1. The molecule has 3 rings (SSSR count). The topological polar surface area (TPSA) is 38.8 Å². The van der Waals surface area contributed by atoms with Crippen molar-refractivity contribution in [3.8, 4) is 5.75 Å². The molecule has 0 bridgehead atoms. The van der Waals surface area contributed by atoms with Crippen molar-refractivity contribution in [1.29, 1.82) is 0 Å². The summed E-state index contributed by atoms with van der Waals surface area (Å²) in [6, 6.07) is 25.3. The average Bonchev–Trinajstić information content (AvgIpc) is 2.74. The summed E-state index contributed by atoms with van der Waals surface area (Å²) < 4.78 is 11.0. The van der Waals surface area contributed by atoms with E-state index >= 15 is 0 Å². The Balaban J connectivity index is 1.55. The van der Waals surface area contributed by atoms with Crippen LogP contribution in [0.25, 0.3) is 0 Å². The molecule has 0 radical (unpaired) electrons. The highest BCUT2D eigenvalue weighted by Gasteiger charge is 2.16. The highest BCUT2D eigenvalue weighted by molar-refractivity contribution is 6.35. The Kier molecular flexibility index (Phi) is 8.77. The van der Waals surface area contributed by atoms with Gasteiger partial charge >= 0.3 is 5.97 Å². The van der Waals surface area contributed by atoms with Gasteiger partial charge in [0.2, 0.25) is 0 Å². The van der Waals surface area contributed by atoms with E-state index in [4.69, 9.17) is 32.7 Å². The molecule has 0 heterocycles. The fourth-order valence-corrected chi connectivity index (χ4v) is 3.72. The molecular formula is C25H25Cl2NO3. The summed E-state index contributed by atoms with van der Waals surface area (Å²) in [7, 11) is 0. The number of nitrogens with zero attached hydrogens (tertiary/aromatic N) is 1. The molecule has 4 nitrogen and oxygen atoms in total. The molecular weight excluding hydrogens is 433 g/mol. The third-order valence-electron chi connectivity index (χ3n) is 4.59. The van der Waals surface area contributed by atoms with Crippen LogP contribution in [0, 0.1) is 0 Å². The van der Waals surface area contributed by atoms with E-state index < -0.39 is 5.97 Å². The zero-order valence-electron chi connectivity index (χ0n) is 17.3. The second kappa shape index (κ2) is 11.8. The van der Waals surface area contributed by atoms with Crippen LogP contribution in [0.15, 0.2) is 78.9 Å². The zero-order chi connectivity index (χ0) is 22.1. The van der Waals surface area contributed by atoms with Crippen molar-refractivity contribution in [1.82, 2.24) is 4.90 Å². The number of benzene rings is 3. The van der Waals surface area contributed by atoms with Crippen LogP contribution in [0.5, 0.6) is 5.75 Å². The largest absolute Gasteiger partial charge is 0.480 e. The second-order valence-corrected chi connectivity index (χ2v) is 8.15. The number of halogens is 2. The smallest absolute Gasteiger partial charge is 0.344 e. The van der Waals surface area contributed by atoms with Gasteiger partial charge in [0, 0.05) is 24.7 Å². The first-order valence-electron chi connectivity index (χ1n) is 10.1. The summed E-state index contributed by atoms with van der Waals surface area (Å²) in [6.07, 6.45) is -0.302. The Bertz CT molecular complexity index is 926. The van der Waals surface area contributed by atoms with E-state index in [0.29, 0.717) is 22.3 Å². The van der Waals surface area contributed by atoms with Crippen molar-refractivity contribution in [2.24, 2.45) is 0 Å². The van der Waals surface area contributed by atoms with E-state index in [-0.39, 0.29) is 12.7 Å². The van der Waals surface area contributed by atoms with Gasteiger partial charge in [0.15, 0.2) is 6.61 Å². The maximum Gasteiger partial charge on any atom is 0.344 e. The third-order valence-corrected chi connectivity index (χ3v) is 5.12. The van der Waals surface area contributed by atoms with Crippen LogP contribution in [-0.2, 0) is 22.6 Å². The first-order valence-corrected chi connectivity index (χ1v) is 10.8. The number of rotatable bonds is 10. The van der Waals surface area contributed by atoms with Gasteiger partial charge in [0.05, 0.1) is 5.02 Å². The number of ether oxygens (including phenoxy) is 2. The molecule has 0 aliphatic heterocycles. The van der Waals surface area contributed by atoms with Crippen LogP contribution in [-0.4, -0.2) is 30.1 Å². The Morgan fingerprint density at radius 1 is 0.903 bits per heavy atom. The number of carbonyl (C=O) groups is 1. The molecule has 0 N–H and O–H groups in total. The molecule has 0 aromatic heterocycles. The monoisotopic (exact) mass is 457 g/mol. The molecule has 0 saturated carbocycles. The molecule has 0 amide bonds. The molecule has 1 unspecified atom stereocenters. The Hall–Kier alpha value is -2.53. The molecule has 0 spiro atoms. The van der Waals surface area contributed by atoms with Gasteiger partial charge in [-0.2, -0.15) is 0 Å². The number of hydrogen-bond donors (Lipinski definition) is 0. The van der Waals surface area contributed by atoms with Gasteiger partial charge in [-0.3, -0.25) is 4.90 Å². The van der Waals surface area contributed by atoms with Crippen LogP contribution in [0.3, 0.4) is 0 Å². The fourth-order valence-electron chi connectivity index (χ4n) is 3.26. The zero-order valence-corrected chi connectivity index (χ0v) is 18.9. The average molecular weight is 458 g/mol. The van der Waals surface area contributed by atoms with Crippen molar-refractivity contribution >= 4 is 29.2 Å². The SMILES string of the molecule is CC(CN(Cc1ccccc1)Cc1ccccc1)OC(=O)COc1ccc(Cl)cc1Cl. The van der Waals surface area contributed by atoms with E-state index in [1.54, 1.807) is 18.2 Å². The standard InChI is InChI=1S/C25H25Cl2NO3/c1-19(31-25(29)18-30-24-13-12-22(26)14-23(24)27)15-28(16-20-8-4-2-5-9-20)17-21-10-6-3-7-11-21/h2-14,19H,15-18H2,1H3. The normalized spacial score (nSPS) is 11.9. The summed E-state index contributed by atoms with van der Waals surface area (Å²) in [4.78, 5) is 14.5. The summed E-state index contributed by atoms with van der Waals surface area (Å²) in [5, 5.41) is 0.857. The quantitative estimate of drug-likeness (QED) is 0.349. The van der Waals surface area contributed by atoms with Gasteiger partial charge in [-0.1, -0.05) is 83.9 Å². The fraction of sp³-hybridized carbons (Fsp3) is 0.240. The van der Waals surface area contributed by atoms with Gasteiger partial charge in [-0.15, -0.1) is 0 Å². The van der Waals surface area contributed by atoms with E-state index in [0.717, 1.165) is 13.1 Å². The minimum Gasteiger partial charge on any atom is -0.480 e. The van der Waals surface area contributed by atoms with Crippen LogP contribution in [0.2, 0.25) is 10.0 Å². The summed E-state index contributed by atoms with van der Waals surface area (Å²) >= 11 is 11.9. The van der Waals surface area contributed by atoms with Crippen molar-refractivity contribution in [2.75, 3.05) is 13.2 Å². The number of esters is 1. The first-order chi connectivity index (χ1) is 15.0. The van der Waals surface area contributed by atoms with Gasteiger partial charge in [0.25, 0.3) is 0 Å². The first kappa shape index (κ1) is 23.1. The molecule has 3 aromatic rings. The molecule has 0 aliphatic rings. The van der Waals surface area contributed by atoms with E-state index in [2.05, 4.69) is 29.2 Å². The molecule has 1 atom stereocenters. The van der Waals surface area contributed by atoms with Crippen LogP contribution < -0.4 is 4.74 Å². The predicted molar refractivity (Wildman–Crippen MR) is 125 cm³/mol. The number of hydrogen-bond acceptors (Lipinski definition) is 4. The predicted octanol–water partition coefficient (Wildman–Crippen LogP) is 6.01. The van der Waals surface area contributed by atoms with Crippen molar-refractivity contribution in [2.45, 2.75) is 26.1 Å². The van der Waals surface area contributed by atoms with Gasteiger partial charge < -0.3 is 9.47 Å². The molecule has 6 heteroatoms. The van der Waals surface area contributed by atoms with Crippen LogP contribution >= 0.6 is 23.2 Å². The van der Waals surface area contributed by atoms with Gasteiger partial charge in [-0.05, 0) is 36.2 Å². The van der Waals surface area contributed by atoms with E-state index in [1.807, 2.05) is 43.3 Å². The Labute approximate surface area is 193 Å². The molecule has 31 heavy (non-hydrogen) atoms. The third kappa shape index (κ3) is 7.91. The lowest BCUT2D eigenvalue weighted by molar-refractivity contribution is -0.151. The summed E-state index contributed by atoms with van der Waals surface area (Å²) in [6.45, 7) is 3.78. The Morgan fingerprint density at radius 2 is 1.48 bits per heavy atom. The van der Waals surface area contributed by atoms with Crippen LogP contribution in [0.4, 0.5) is 0 Å². The van der Waals surface area contributed by atoms with Crippen molar-refractivity contribution in [3.05, 3.63) is 100 Å². The lowest BCUT2D eigenvalue weighted by Crippen LogP contribution is -2.34. The molecule has 0 saturated heterocycles.